The molecule has 2 aliphatic rings. The molecule has 0 N–H and O–H groups in total. The molecule has 2 atom stereocenters. The third kappa shape index (κ3) is 4.23. The number of nitrogens with zero attached hydrogens (tertiary/aromatic N) is 2. The van der Waals surface area contributed by atoms with E-state index in [-0.39, 0.29) is 36.1 Å². The fraction of sp³-hybridized carbons (Fsp3) is 0.588. The number of halogens is 3. The van der Waals surface area contributed by atoms with Gasteiger partial charge in [0.05, 0.1) is 19.3 Å². The summed E-state index contributed by atoms with van der Waals surface area (Å²) in [5, 5.41) is 0.0696. The second-order valence-electron chi connectivity index (χ2n) is 6.55. The predicted octanol–water partition coefficient (Wildman–Crippen LogP) is 3.21. The van der Waals surface area contributed by atoms with Gasteiger partial charge in [-0.25, -0.2) is 18.0 Å². The van der Waals surface area contributed by atoms with E-state index in [1.54, 1.807) is 4.90 Å². The van der Waals surface area contributed by atoms with E-state index in [2.05, 4.69) is 12.6 Å². The van der Waals surface area contributed by atoms with E-state index >= 15 is 0 Å². The van der Waals surface area contributed by atoms with E-state index < -0.39 is 17.5 Å². The molecule has 4 nitrogen and oxygen atoms in total. The summed E-state index contributed by atoms with van der Waals surface area (Å²) in [7, 11) is 0. The minimum Gasteiger partial charge on any atom is -0.375 e. The highest BCUT2D eigenvalue weighted by Crippen LogP contribution is 2.25. The quantitative estimate of drug-likeness (QED) is 0.649. The van der Waals surface area contributed by atoms with E-state index in [4.69, 9.17) is 4.74 Å². The lowest BCUT2D eigenvalue weighted by atomic mass is 10.2. The van der Waals surface area contributed by atoms with Crippen LogP contribution in [0.15, 0.2) is 12.1 Å². The first-order valence-corrected chi connectivity index (χ1v) is 8.92. The minimum absolute atomic E-state index is 0.0124. The Morgan fingerprint density at radius 3 is 2.56 bits per heavy atom. The molecular weight excluding hydrogens is 353 g/mol. The van der Waals surface area contributed by atoms with E-state index in [0.717, 1.165) is 32.0 Å². The lowest BCUT2D eigenvalue weighted by Crippen LogP contribution is -2.46. The molecule has 138 valence electrons. The molecule has 0 radical (unpaired) electrons. The maximum absolute atomic E-state index is 13.6. The van der Waals surface area contributed by atoms with Gasteiger partial charge in [0.1, 0.15) is 5.82 Å². The van der Waals surface area contributed by atoms with Crippen LogP contribution >= 0.6 is 12.6 Å². The number of ether oxygens (including phenoxy) is 1. The number of amides is 2. The van der Waals surface area contributed by atoms with E-state index in [1.165, 1.54) is 0 Å². The zero-order valence-corrected chi connectivity index (χ0v) is 14.7. The molecule has 25 heavy (non-hydrogen) atoms. The van der Waals surface area contributed by atoms with Crippen LogP contribution < -0.4 is 0 Å². The molecule has 2 fully saturated rings. The molecule has 1 aromatic rings. The van der Waals surface area contributed by atoms with Crippen molar-refractivity contribution < 1.29 is 22.7 Å². The number of carbonyl (C=O) groups is 1. The molecular formula is C17H21F3N2O2S. The molecule has 0 aromatic heterocycles. The normalized spacial score (nSPS) is 23.5. The van der Waals surface area contributed by atoms with Gasteiger partial charge in [0.2, 0.25) is 0 Å². The van der Waals surface area contributed by atoms with Gasteiger partial charge < -0.3 is 14.5 Å². The average Bonchev–Trinajstić information content (AvgIpc) is 3.21. The number of hydrogen-bond acceptors (Lipinski definition) is 3. The summed E-state index contributed by atoms with van der Waals surface area (Å²) in [4.78, 5) is 16.2. The molecule has 0 spiro atoms. The summed E-state index contributed by atoms with van der Waals surface area (Å²) >= 11 is 4.46. The summed E-state index contributed by atoms with van der Waals surface area (Å²) in [6.45, 7) is 2.10. The van der Waals surface area contributed by atoms with Crippen LogP contribution in [0.1, 0.15) is 24.8 Å². The first kappa shape index (κ1) is 18.4. The molecule has 2 saturated heterocycles. The Morgan fingerprint density at radius 2 is 1.84 bits per heavy atom. The lowest BCUT2D eigenvalue weighted by molar-refractivity contribution is 0.0677. The Balaban J connectivity index is 1.57. The van der Waals surface area contributed by atoms with Gasteiger partial charge in [-0.05, 0) is 25.3 Å². The van der Waals surface area contributed by atoms with Crippen LogP contribution in [0, 0.1) is 17.5 Å². The minimum atomic E-state index is -1.22. The molecule has 1 aromatic carbocycles. The Hall–Kier alpha value is -1.41. The van der Waals surface area contributed by atoms with Crippen molar-refractivity contribution in [1.82, 2.24) is 9.80 Å². The zero-order valence-electron chi connectivity index (χ0n) is 13.8. The van der Waals surface area contributed by atoms with Crippen molar-refractivity contribution in [3.05, 3.63) is 35.1 Å². The highest BCUT2D eigenvalue weighted by atomic mass is 32.1. The van der Waals surface area contributed by atoms with Crippen molar-refractivity contribution in [1.29, 1.82) is 0 Å². The number of carbonyl (C=O) groups excluding carboxylic acids is 1. The summed E-state index contributed by atoms with van der Waals surface area (Å²) in [5.74, 6) is -3.18. The fourth-order valence-electron chi connectivity index (χ4n) is 3.35. The van der Waals surface area contributed by atoms with Crippen molar-refractivity contribution in [2.24, 2.45) is 0 Å². The standard InChI is InChI=1S/C17H21F3N2O2S/c18-14-7-16(20)15(19)5-11(14)9-24-10-12-6-13(25)8-22(12)17(23)21-3-1-2-4-21/h5,7,12-13,25H,1-4,6,8-10H2/t12-,13+/m0/s1. The molecule has 3 rings (SSSR count). The third-order valence-corrected chi connectivity index (χ3v) is 5.05. The first-order chi connectivity index (χ1) is 12.0. The van der Waals surface area contributed by atoms with E-state index in [9.17, 15) is 18.0 Å². The van der Waals surface area contributed by atoms with Gasteiger partial charge >= 0.3 is 6.03 Å². The second-order valence-corrected chi connectivity index (χ2v) is 7.28. The number of likely N-dealkylation sites (tertiary alicyclic amines) is 2. The lowest BCUT2D eigenvalue weighted by Gasteiger charge is -2.29. The fourth-order valence-corrected chi connectivity index (χ4v) is 3.77. The van der Waals surface area contributed by atoms with Crippen LogP contribution in [0.2, 0.25) is 0 Å². The smallest absolute Gasteiger partial charge is 0.320 e. The number of hydrogen-bond donors (Lipinski definition) is 1. The predicted molar refractivity (Wildman–Crippen MR) is 90.1 cm³/mol. The second kappa shape index (κ2) is 7.86. The Labute approximate surface area is 150 Å². The van der Waals surface area contributed by atoms with Gasteiger partial charge in [0, 0.05) is 36.5 Å². The van der Waals surface area contributed by atoms with Crippen LogP contribution in [0.3, 0.4) is 0 Å². The number of urea groups is 1. The van der Waals surface area contributed by atoms with Crippen molar-refractivity contribution in [2.75, 3.05) is 26.2 Å². The van der Waals surface area contributed by atoms with Gasteiger partial charge in [-0.2, -0.15) is 12.6 Å². The molecule has 0 unspecified atom stereocenters. The number of thiol groups is 1. The van der Waals surface area contributed by atoms with Gasteiger partial charge in [-0.1, -0.05) is 0 Å². The summed E-state index contributed by atoms with van der Waals surface area (Å²) < 4.78 is 45.3. The summed E-state index contributed by atoms with van der Waals surface area (Å²) in [6, 6.07) is 1.15. The highest BCUT2D eigenvalue weighted by Gasteiger charge is 2.36. The van der Waals surface area contributed by atoms with Gasteiger partial charge in [-0.15, -0.1) is 0 Å². The average molecular weight is 374 g/mol. The van der Waals surface area contributed by atoms with Crippen LogP contribution in [-0.2, 0) is 11.3 Å². The van der Waals surface area contributed by atoms with Crippen molar-refractivity contribution >= 4 is 18.7 Å². The van der Waals surface area contributed by atoms with Crippen molar-refractivity contribution in [3.63, 3.8) is 0 Å². The van der Waals surface area contributed by atoms with Crippen LogP contribution in [-0.4, -0.2) is 53.4 Å². The van der Waals surface area contributed by atoms with Gasteiger partial charge in [0.15, 0.2) is 11.6 Å². The van der Waals surface area contributed by atoms with Crippen LogP contribution in [0.25, 0.3) is 0 Å². The molecule has 2 aliphatic heterocycles. The highest BCUT2D eigenvalue weighted by molar-refractivity contribution is 7.81. The maximum atomic E-state index is 13.6. The molecule has 2 amide bonds. The molecule has 8 heteroatoms. The SMILES string of the molecule is O=C(N1CCCC1)N1C[C@H](S)C[C@H]1COCc1cc(F)c(F)cc1F. The van der Waals surface area contributed by atoms with Crippen molar-refractivity contribution in [2.45, 2.75) is 37.2 Å². The number of rotatable bonds is 4. The molecule has 2 heterocycles. The molecule has 0 aliphatic carbocycles. The third-order valence-electron chi connectivity index (χ3n) is 4.67. The van der Waals surface area contributed by atoms with E-state index in [0.29, 0.717) is 19.0 Å². The Morgan fingerprint density at radius 1 is 1.16 bits per heavy atom. The summed E-state index contributed by atoms with van der Waals surface area (Å²) in [5.41, 5.74) is -0.0447. The first-order valence-electron chi connectivity index (χ1n) is 8.40. The van der Waals surface area contributed by atoms with Crippen molar-refractivity contribution in [3.8, 4) is 0 Å². The Kier molecular flexibility index (Phi) is 5.78. The summed E-state index contributed by atoms with van der Waals surface area (Å²) in [6.07, 6.45) is 2.71. The number of benzene rings is 1. The topological polar surface area (TPSA) is 32.8 Å². The zero-order chi connectivity index (χ0) is 18.0. The Bertz CT molecular complexity index is 641. The molecule has 0 saturated carbocycles. The monoisotopic (exact) mass is 374 g/mol. The van der Waals surface area contributed by atoms with Crippen LogP contribution in [0.4, 0.5) is 18.0 Å². The van der Waals surface area contributed by atoms with E-state index in [1.807, 2.05) is 4.90 Å². The maximum Gasteiger partial charge on any atom is 0.320 e. The van der Waals surface area contributed by atoms with Gasteiger partial charge in [-0.3, -0.25) is 0 Å². The largest absolute Gasteiger partial charge is 0.375 e. The van der Waals surface area contributed by atoms with Crippen LogP contribution in [0.5, 0.6) is 0 Å². The van der Waals surface area contributed by atoms with Gasteiger partial charge in [0.25, 0.3) is 0 Å². The molecule has 0 bridgehead atoms.